The predicted molar refractivity (Wildman–Crippen MR) is 224 cm³/mol. The van der Waals surface area contributed by atoms with Crippen LogP contribution in [0.25, 0.3) is 11.1 Å². The first-order chi connectivity index (χ1) is 25.5. The summed E-state index contributed by atoms with van der Waals surface area (Å²) >= 11 is 0. The van der Waals surface area contributed by atoms with Gasteiger partial charge in [-0.3, -0.25) is 9.59 Å². The molecule has 52 heavy (non-hydrogen) atoms. The van der Waals surface area contributed by atoms with Crippen LogP contribution in [-0.2, 0) is 0 Å². The molecule has 2 aromatic carbocycles. The zero-order valence-corrected chi connectivity index (χ0v) is 34.1. The van der Waals surface area contributed by atoms with E-state index in [0.717, 1.165) is 37.1 Å². The second-order valence-corrected chi connectivity index (χ2v) is 15.0. The number of carbonyl (C=O) groups excluding carboxylic acids is 2. The summed E-state index contributed by atoms with van der Waals surface area (Å²) in [5, 5.41) is 6.27. The van der Waals surface area contributed by atoms with E-state index in [1.54, 1.807) is 0 Å². The molecule has 6 heteroatoms. The highest BCUT2D eigenvalue weighted by Crippen LogP contribution is 2.21. The maximum atomic E-state index is 12.9. The molecular formula is C46H78N4O2. The minimum Gasteiger partial charge on any atom is -0.352 e. The lowest BCUT2D eigenvalue weighted by Crippen LogP contribution is -2.31. The molecule has 294 valence electrons. The van der Waals surface area contributed by atoms with E-state index >= 15 is 0 Å². The summed E-state index contributed by atoms with van der Waals surface area (Å²) in [6, 6.07) is 15.6. The molecule has 0 aliphatic rings. The summed E-state index contributed by atoms with van der Waals surface area (Å²) in [7, 11) is 0. The third kappa shape index (κ3) is 21.1. The number of unbranched alkanes of at least 4 members (excludes halogenated alkanes) is 14. The van der Waals surface area contributed by atoms with Gasteiger partial charge in [0, 0.05) is 24.2 Å². The lowest BCUT2D eigenvalue weighted by Gasteiger charge is -2.22. The van der Waals surface area contributed by atoms with E-state index in [0.29, 0.717) is 24.2 Å². The summed E-state index contributed by atoms with van der Waals surface area (Å²) in [5.74, 6) is -0.0292. The number of benzene rings is 2. The van der Waals surface area contributed by atoms with Crippen molar-refractivity contribution in [2.75, 3.05) is 52.4 Å². The summed E-state index contributed by atoms with van der Waals surface area (Å²) < 4.78 is 0. The summed E-state index contributed by atoms with van der Waals surface area (Å²) in [4.78, 5) is 31.0. The molecule has 0 fully saturated rings. The number of nitrogens with one attached hydrogen (secondary N) is 2. The average molecular weight is 719 g/mol. The molecule has 2 rings (SSSR count). The molecule has 0 aliphatic carbocycles. The highest BCUT2D eigenvalue weighted by molar-refractivity contribution is 5.95. The standard InChI is InChI=1S/C46H78N4O2/c1-5-9-13-17-21-37-49(35-19-15-11-7-3)39-23-33-47-45(51)43-29-25-41(26-30-43)42-27-31-44(32-28-42)46(52)48-34-24-40-50(36-20-16-12-8-4)38-22-18-14-10-6-2/h25-32H,5-24,33-40H2,1-4H3,(H,47,51)(H,48,52). The Balaban J connectivity index is 1.75. The van der Waals surface area contributed by atoms with Gasteiger partial charge in [0.2, 0.25) is 0 Å². The van der Waals surface area contributed by atoms with Gasteiger partial charge in [0.15, 0.2) is 0 Å². The van der Waals surface area contributed by atoms with E-state index < -0.39 is 0 Å². The molecule has 0 bridgehead atoms. The van der Waals surface area contributed by atoms with E-state index in [9.17, 15) is 9.59 Å². The van der Waals surface area contributed by atoms with Crippen LogP contribution >= 0.6 is 0 Å². The van der Waals surface area contributed by atoms with Gasteiger partial charge in [0.1, 0.15) is 0 Å². The first-order valence-electron chi connectivity index (χ1n) is 21.7. The first kappa shape index (κ1) is 45.5. The zero-order chi connectivity index (χ0) is 37.5. The van der Waals surface area contributed by atoms with E-state index in [-0.39, 0.29) is 11.8 Å². The van der Waals surface area contributed by atoms with E-state index in [4.69, 9.17) is 0 Å². The molecule has 0 saturated carbocycles. The molecule has 0 aliphatic heterocycles. The highest BCUT2D eigenvalue weighted by Gasteiger charge is 2.10. The van der Waals surface area contributed by atoms with Gasteiger partial charge in [-0.05, 0) is 113 Å². The van der Waals surface area contributed by atoms with Crippen LogP contribution in [0.15, 0.2) is 48.5 Å². The van der Waals surface area contributed by atoms with Gasteiger partial charge in [0.25, 0.3) is 11.8 Å². The number of hydrogen-bond donors (Lipinski definition) is 2. The molecule has 0 aromatic heterocycles. The molecule has 0 atom stereocenters. The average Bonchev–Trinajstić information content (AvgIpc) is 3.17. The Morgan fingerprint density at radius 2 is 0.654 bits per heavy atom. The molecule has 0 spiro atoms. The van der Waals surface area contributed by atoms with Crippen LogP contribution in [0.5, 0.6) is 0 Å². The van der Waals surface area contributed by atoms with Crippen LogP contribution in [0.2, 0.25) is 0 Å². The van der Waals surface area contributed by atoms with Gasteiger partial charge in [0.05, 0.1) is 0 Å². The van der Waals surface area contributed by atoms with E-state index in [2.05, 4.69) is 48.1 Å². The Morgan fingerprint density at radius 1 is 0.385 bits per heavy atom. The van der Waals surface area contributed by atoms with Crippen LogP contribution in [0.4, 0.5) is 0 Å². The molecule has 2 N–H and O–H groups in total. The first-order valence-corrected chi connectivity index (χ1v) is 21.7. The van der Waals surface area contributed by atoms with Crippen molar-refractivity contribution in [1.82, 2.24) is 20.4 Å². The summed E-state index contributed by atoms with van der Waals surface area (Å²) in [6.45, 7) is 17.3. The van der Waals surface area contributed by atoms with Crippen LogP contribution in [-0.4, -0.2) is 74.0 Å². The Morgan fingerprint density at radius 3 is 0.962 bits per heavy atom. The second-order valence-electron chi connectivity index (χ2n) is 15.0. The van der Waals surface area contributed by atoms with Gasteiger partial charge >= 0.3 is 0 Å². The normalized spacial score (nSPS) is 11.4. The minimum atomic E-state index is -0.0146. The SMILES string of the molecule is CCCCCCCN(CCCCCC)CCCNC(=O)c1ccc(-c2ccc(C(=O)NCCCN(CCCCCC)CCCCCCC)cc2)cc1. The number of nitrogens with zero attached hydrogens (tertiary/aromatic N) is 2. The van der Waals surface area contributed by atoms with Crippen molar-refractivity contribution in [3.05, 3.63) is 59.7 Å². The number of amides is 2. The third-order valence-electron chi connectivity index (χ3n) is 10.3. The van der Waals surface area contributed by atoms with E-state index in [1.807, 2.05) is 48.5 Å². The Labute approximate surface area is 320 Å². The maximum absolute atomic E-state index is 12.9. The van der Waals surface area contributed by atoms with Gasteiger partial charge < -0.3 is 20.4 Å². The quantitative estimate of drug-likeness (QED) is 0.0721. The van der Waals surface area contributed by atoms with Crippen molar-refractivity contribution < 1.29 is 9.59 Å². The van der Waals surface area contributed by atoms with Gasteiger partial charge in [-0.1, -0.05) is 142 Å². The number of hydrogen-bond acceptors (Lipinski definition) is 4. The largest absolute Gasteiger partial charge is 0.352 e. The Kier molecular flexibility index (Phi) is 26.9. The van der Waals surface area contributed by atoms with Gasteiger partial charge in [-0.2, -0.15) is 0 Å². The Hall–Kier alpha value is -2.70. The molecule has 2 aromatic rings. The lowest BCUT2D eigenvalue weighted by molar-refractivity contribution is 0.0943. The molecule has 2 amide bonds. The summed E-state index contributed by atoms with van der Waals surface area (Å²) in [6.07, 6.45) is 25.4. The van der Waals surface area contributed by atoms with Crippen molar-refractivity contribution >= 4 is 11.8 Å². The summed E-state index contributed by atoms with van der Waals surface area (Å²) in [5.41, 5.74) is 3.44. The molecule has 0 unspecified atom stereocenters. The second kappa shape index (κ2) is 30.7. The molecule has 0 heterocycles. The lowest BCUT2D eigenvalue weighted by atomic mass is 10.0. The third-order valence-corrected chi connectivity index (χ3v) is 10.3. The van der Waals surface area contributed by atoms with Crippen molar-refractivity contribution in [2.24, 2.45) is 0 Å². The van der Waals surface area contributed by atoms with Crippen molar-refractivity contribution in [2.45, 2.75) is 156 Å². The van der Waals surface area contributed by atoms with Crippen molar-refractivity contribution in [3.8, 4) is 11.1 Å². The number of rotatable bonds is 33. The minimum absolute atomic E-state index is 0.0146. The van der Waals surface area contributed by atoms with Crippen LogP contribution in [0.1, 0.15) is 177 Å². The zero-order valence-electron chi connectivity index (χ0n) is 34.1. The van der Waals surface area contributed by atoms with Crippen molar-refractivity contribution in [1.29, 1.82) is 0 Å². The highest BCUT2D eigenvalue weighted by atomic mass is 16.2. The fourth-order valence-corrected chi connectivity index (χ4v) is 6.91. The molecule has 0 saturated heterocycles. The van der Waals surface area contributed by atoms with Gasteiger partial charge in [-0.15, -0.1) is 0 Å². The topological polar surface area (TPSA) is 64.7 Å². The van der Waals surface area contributed by atoms with Crippen LogP contribution in [0, 0.1) is 0 Å². The van der Waals surface area contributed by atoms with Crippen molar-refractivity contribution in [3.63, 3.8) is 0 Å². The number of carbonyl (C=O) groups is 2. The monoisotopic (exact) mass is 719 g/mol. The predicted octanol–water partition coefficient (Wildman–Crippen LogP) is 11.3. The molecule has 0 radical (unpaired) electrons. The maximum Gasteiger partial charge on any atom is 0.251 e. The fourth-order valence-electron chi connectivity index (χ4n) is 6.91. The molecule has 6 nitrogen and oxygen atoms in total. The van der Waals surface area contributed by atoms with Gasteiger partial charge in [-0.25, -0.2) is 0 Å². The fraction of sp³-hybridized carbons (Fsp3) is 0.696. The van der Waals surface area contributed by atoms with E-state index in [1.165, 1.54) is 142 Å². The smallest absolute Gasteiger partial charge is 0.251 e. The Bertz CT molecular complexity index is 1060. The molecular weight excluding hydrogens is 641 g/mol. The van der Waals surface area contributed by atoms with Crippen LogP contribution < -0.4 is 10.6 Å². The van der Waals surface area contributed by atoms with Crippen LogP contribution in [0.3, 0.4) is 0 Å².